The van der Waals surface area contributed by atoms with Crippen LogP contribution in [0.25, 0.3) is 0 Å². The standard InChI is InChI=1S/C13H16N4O4/c1-6-4-9(21-10(6)12(19)15-14)5-17-13(20)8(3)7(2)11(18)16-17/h4H,5,14H2,1-3H3,(H,15,19)(H,16,18). The normalized spacial score (nSPS) is 10.7. The number of hydrogen-bond donors (Lipinski definition) is 3. The van der Waals surface area contributed by atoms with Crippen molar-refractivity contribution >= 4 is 5.91 Å². The monoisotopic (exact) mass is 292 g/mol. The van der Waals surface area contributed by atoms with Crippen molar-refractivity contribution in [3.63, 3.8) is 0 Å². The second-order valence-electron chi connectivity index (χ2n) is 4.78. The number of aromatic nitrogens is 2. The summed E-state index contributed by atoms with van der Waals surface area (Å²) in [4.78, 5) is 35.2. The van der Waals surface area contributed by atoms with E-state index < -0.39 is 5.91 Å². The summed E-state index contributed by atoms with van der Waals surface area (Å²) in [5, 5.41) is 2.47. The molecule has 2 aromatic heterocycles. The van der Waals surface area contributed by atoms with Crippen molar-refractivity contribution in [1.82, 2.24) is 15.2 Å². The first-order valence-electron chi connectivity index (χ1n) is 6.25. The molecule has 0 atom stereocenters. The number of nitrogen functional groups attached to an aromatic ring is 1. The number of hydrazine groups is 1. The van der Waals surface area contributed by atoms with Crippen molar-refractivity contribution in [2.45, 2.75) is 27.3 Å². The molecule has 2 aromatic rings. The minimum Gasteiger partial charge on any atom is -0.454 e. The molecule has 8 nitrogen and oxygen atoms in total. The molecule has 2 rings (SSSR count). The molecule has 0 aliphatic heterocycles. The number of furan rings is 1. The van der Waals surface area contributed by atoms with Gasteiger partial charge in [0.25, 0.3) is 11.1 Å². The van der Waals surface area contributed by atoms with Crippen LogP contribution in [0.2, 0.25) is 0 Å². The molecule has 2 heterocycles. The van der Waals surface area contributed by atoms with Crippen molar-refractivity contribution in [3.8, 4) is 0 Å². The summed E-state index contributed by atoms with van der Waals surface area (Å²) >= 11 is 0. The number of amides is 1. The lowest BCUT2D eigenvalue weighted by atomic mass is 10.2. The van der Waals surface area contributed by atoms with Crippen LogP contribution in [-0.4, -0.2) is 15.7 Å². The van der Waals surface area contributed by atoms with Crippen molar-refractivity contribution in [1.29, 1.82) is 0 Å². The first-order chi connectivity index (χ1) is 9.85. The minimum atomic E-state index is -0.556. The molecule has 4 N–H and O–H groups in total. The quantitative estimate of drug-likeness (QED) is 0.407. The summed E-state index contributed by atoms with van der Waals surface area (Å²) in [5.41, 5.74) is 2.68. The van der Waals surface area contributed by atoms with Gasteiger partial charge in [-0.05, 0) is 26.8 Å². The molecule has 0 aliphatic rings. The van der Waals surface area contributed by atoms with Gasteiger partial charge in [-0.3, -0.25) is 24.9 Å². The fourth-order valence-corrected chi connectivity index (χ4v) is 1.97. The number of carbonyl (C=O) groups is 1. The molecular weight excluding hydrogens is 276 g/mol. The second kappa shape index (κ2) is 5.41. The topological polar surface area (TPSA) is 123 Å². The van der Waals surface area contributed by atoms with Gasteiger partial charge in [-0.15, -0.1) is 0 Å². The summed E-state index contributed by atoms with van der Waals surface area (Å²) in [5.74, 6) is 4.94. The number of nitrogens with one attached hydrogen (secondary N) is 2. The van der Waals surface area contributed by atoms with E-state index in [9.17, 15) is 14.4 Å². The Labute approximate surface area is 119 Å². The van der Waals surface area contributed by atoms with Gasteiger partial charge in [-0.1, -0.05) is 0 Å². The van der Waals surface area contributed by atoms with Gasteiger partial charge in [-0.25, -0.2) is 10.5 Å². The molecule has 0 bridgehead atoms. The van der Waals surface area contributed by atoms with E-state index >= 15 is 0 Å². The number of aryl methyl sites for hydroxylation is 1. The van der Waals surface area contributed by atoms with Crippen LogP contribution in [0.3, 0.4) is 0 Å². The fraction of sp³-hybridized carbons (Fsp3) is 0.308. The zero-order chi connectivity index (χ0) is 15.7. The first kappa shape index (κ1) is 14.8. The maximum atomic E-state index is 12.1. The van der Waals surface area contributed by atoms with E-state index in [0.29, 0.717) is 22.5 Å². The lowest BCUT2D eigenvalue weighted by Crippen LogP contribution is -2.33. The number of aromatic amines is 1. The molecule has 0 aromatic carbocycles. The fourth-order valence-electron chi connectivity index (χ4n) is 1.97. The summed E-state index contributed by atoms with van der Waals surface area (Å²) in [6.07, 6.45) is 0. The average Bonchev–Trinajstić information content (AvgIpc) is 2.82. The number of hydrogen-bond acceptors (Lipinski definition) is 5. The highest BCUT2D eigenvalue weighted by atomic mass is 16.4. The summed E-state index contributed by atoms with van der Waals surface area (Å²) < 4.78 is 6.51. The van der Waals surface area contributed by atoms with Gasteiger partial charge in [-0.2, -0.15) is 0 Å². The van der Waals surface area contributed by atoms with Crippen LogP contribution in [-0.2, 0) is 6.54 Å². The van der Waals surface area contributed by atoms with E-state index in [1.165, 1.54) is 0 Å². The number of nitrogens with two attached hydrogens (primary N) is 1. The molecule has 21 heavy (non-hydrogen) atoms. The van der Waals surface area contributed by atoms with E-state index in [4.69, 9.17) is 10.3 Å². The van der Waals surface area contributed by atoms with Gasteiger partial charge in [0.2, 0.25) is 0 Å². The maximum absolute atomic E-state index is 12.1. The number of rotatable bonds is 3. The predicted molar refractivity (Wildman–Crippen MR) is 75.0 cm³/mol. The minimum absolute atomic E-state index is 0.0217. The largest absolute Gasteiger partial charge is 0.454 e. The third kappa shape index (κ3) is 2.65. The Morgan fingerprint density at radius 3 is 2.62 bits per heavy atom. The Morgan fingerprint density at radius 1 is 1.33 bits per heavy atom. The van der Waals surface area contributed by atoms with Crippen LogP contribution < -0.4 is 22.4 Å². The number of nitrogens with zero attached hydrogens (tertiary/aromatic N) is 1. The van der Waals surface area contributed by atoms with Gasteiger partial charge in [0.1, 0.15) is 12.3 Å². The van der Waals surface area contributed by atoms with Crippen LogP contribution in [0.15, 0.2) is 20.1 Å². The Morgan fingerprint density at radius 2 is 2.00 bits per heavy atom. The molecule has 8 heteroatoms. The molecular formula is C13H16N4O4. The average molecular weight is 292 g/mol. The van der Waals surface area contributed by atoms with E-state index in [-0.39, 0.29) is 23.4 Å². The molecule has 0 saturated carbocycles. The van der Waals surface area contributed by atoms with Crippen molar-refractivity contribution in [3.05, 3.63) is 55.0 Å². The van der Waals surface area contributed by atoms with Crippen molar-refractivity contribution < 1.29 is 9.21 Å². The lowest BCUT2D eigenvalue weighted by molar-refractivity contribution is 0.0923. The SMILES string of the molecule is Cc1cc(Cn2[nH]c(=O)c(C)c(C)c2=O)oc1C(=O)NN. The van der Waals surface area contributed by atoms with Crippen LogP contribution >= 0.6 is 0 Å². The highest BCUT2D eigenvalue weighted by Gasteiger charge is 2.16. The van der Waals surface area contributed by atoms with Crippen LogP contribution in [0.5, 0.6) is 0 Å². The third-order valence-electron chi connectivity index (χ3n) is 3.33. The summed E-state index contributed by atoms with van der Waals surface area (Å²) in [6, 6.07) is 1.62. The zero-order valence-electron chi connectivity index (χ0n) is 11.9. The molecule has 0 radical (unpaired) electrons. The molecule has 0 saturated heterocycles. The zero-order valence-corrected chi connectivity index (χ0v) is 11.9. The number of carbonyl (C=O) groups excluding carboxylic acids is 1. The molecule has 0 spiro atoms. The Balaban J connectivity index is 2.42. The lowest BCUT2D eigenvalue weighted by Gasteiger charge is -2.06. The number of H-pyrrole nitrogens is 1. The highest BCUT2D eigenvalue weighted by Crippen LogP contribution is 2.14. The van der Waals surface area contributed by atoms with Gasteiger partial charge < -0.3 is 4.42 Å². The van der Waals surface area contributed by atoms with Gasteiger partial charge in [0, 0.05) is 16.7 Å². The first-order valence-corrected chi connectivity index (χ1v) is 6.25. The molecule has 0 fully saturated rings. The maximum Gasteiger partial charge on any atom is 0.301 e. The van der Waals surface area contributed by atoms with Gasteiger partial charge >= 0.3 is 5.91 Å². The van der Waals surface area contributed by atoms with E-state index in [1.54, 1.807) is 26.8 Å². The second-order valence-corrected chi connectivity index (χ2v) is 4.78. The molecule has 112 valence electrons. The Kier molecular flexibility index (Phi) is 3.81. The summed E-state index contributed by atoms with van der Waals surface area (Å²) in [7, 11) is 0. The molecule has 0 aliphatic carbocycles. The van der Waals surface area contributed by atoms with E-state index in [0.717, 1.165) is 4.68 Å². The molecule has 0 unspecified atom stereocenters. The summed E-state index contributed by atoms with van der Waals surface area (Å²) in [6.45, 7) is 4.88. The van der Waals surface area contributed by atoms with Gasteiger partial charge in [0.05, 0.1) is 0 Å². The third-order valence-corrected chi connectivity index (χ3v) is 3.33. The Hall–Kier alpha value is -2.61. The van der Waals surface area contributed by atoms with E-state index in [2.05, 4.69) is 5.10 Å². The van der Waals surface area contributed by atoms with Crippen molar-refractivity contribution in [2.75, 3.05) is 0 Å². The van der Waals surface area contributed by atoms with Gasteiger partial charge in [0.15, 0.2) is 5.76 Å². The smallest absolute Gasteiger partial charge is 0.301 e. The van der Waals surface area contributed by atoms with Crippen LogP contribution in [0.1, 0.15) is 33.0 Å². The van der Waals surface area contributed by atoms with Crippen molar-refractivity contribution in [2.24, 2.45) is 5.84 Å². The molecule has 1 amide bonds. The Bertz CT molecular complexity index is 813. The van der Waals surface area contributed by atoms with Crippen LogP contribution in [0, 0.1) is 20.8 Å². The van der Waals surface area contributed by atoms with E-state index in [1.807, 2.05) is 5.43 Å². The highest BCUT2D eigenvalue weighted by molar-refractivity contribution is 5.92. The predicted octanol–water partition coefficient (Wildman–Crippen LogP) is -0.293. The van der Waals surface area contributed by atoms with Crippen LogP contribution in [0.4, 0.5) is 0 Å².